The monoisotopic (exact) mass is 450 g/mol. The lowest BCUT2D eigenvalue weighted by Gasteiger charge is -2.07. The van der Waals surface area contributed by atoms with E-state index in [1.807, 2.05) is 24.3 Å². The van der Waals surface area contributed by atoms with Crippen molar-refractivity contribution in [1.82, 2.24) is 10.2 Å². The predicted molar refractivity (Wildman–Crippen MR) is 103 cm³/mol. The van der Waals surface area contributed by atoms with E-state index in [4.69, 9.17) is 23.4 Å². The van der Waals surface area contributed by atoms with Gasteiger partial charge >= 0.3 is 0 Å². The highest BCUT2D eigenvalue weighted by Crippen LogP contribution is 2.39. The summed E-state index contributed by atoms with van der Waals surface area (Å²) < 4.78 is 28.1. The molecule has 1 aliphatic heterocycles. The number of hydrogen-bond donors (Lipinski definition) is 0. The summed E-state index contributed by atoms with van der Waals surface area (Å²) in [4.78, 5) is 0. The number of fused-ring (bicyclic) bond motifs is 1. The molecule has 0 atom stereocenters. The van der Waals surface area contributed by atoms with Crippen molar-refractivity contribution in [2.45, 2.75) is 11.0 Å². The Balaban J connectivity index is 1.51. The number of methoxy groups -OCH3 is 2. The molecule has 3 aromatic rings. The molecule has 4 rings (SSSR count). The van der Waals surface area contributed by atoms with Gasteiger partial charge in [0.15, 0.2) is 11.5 Å². The Labute approximate surface area is 168 Å². The van der Waals surface area contributed by atoms with Crippen LogP contribution in [0.25, 0.3) is 11.5 Å². The number of halogens is 1. The van der Waals surface area contributed by atoms with Crippen LogP contribution in [0.5, 0.6) is 23.0 Å². The number of rotatable bonds is 6. The maximum absolute atomic E-state index is 5.79. The smallest absolute Gasteiger partial charge is 0.277 e. The maximum Gasteiger partial charge on any atom is 0.277 e. The molecule has 0 bridgehead atoms. The molecule has 2 aromatic carbocycles. The lowest BCUT2D eigenvalue weighted by atomic mass is 10.2. The van der Waals surface area contributed by atoms with E-state index in [0.29, 0.717) is 33.9 Å². The predicted octanol–water partition coefficient (Wildman–Crippen LogP) is 4.54. The quantitative estimate of drug-likeness (QED) is 0.506. The minimum atomic E-state index is 0.245. The van der Waals surface area contributed by atoms with E-state index in [1.54, 1.807) is 20.3 Å². The number of hydrogen-bond acceptors (Lipinski definition) is 8. The Morgan fingerprint density at radius 1 is 1.07 bits per heavy atom. The molecular weight excluding hydrogens is 436 g/mol. The standard InChI is InChI=1S/C18H15BrN2O5S/c1-22-11-3-4-12(14(6-11)23-2)17-20-21-18(26-17)27-8-10-5-15-16(7-13(10)19)25-9-24-15/h3-7H,8-9H2,1-2H3. The van der Waals surface area contributed by atoms with Gasteiger partial charge in [0.25, 0.3) is 11.1 Å². The van der Waals surface area contributed by atoms with E-state index in [-0.39, 0.29) is 6.79 Å². The van der Waals surface area contributed by atoms with Gasteiger partial charge in [0.1, 0.15) is 11.5 Å². The van der Waals surface area contributed by atoms with Crippen LogP contribution in [0.1, 0.15) is 5.56 Å². The van der Waals surface area contributed by atoms with E-state index in [9.17, 15) is 0 Å². The van der Waals surface area contributed by atoms with Gasteiger partial charge in [0.2, 0.25) is 6.79 Å². The number of thioether (sulfide) groups is 1. The minimum Gasteiger partial charge on any atom is -0.497 e. The van der Waals surface area contributed by atoms with Crippen molar-refractivity contribution in [3.05, 3.63) is 40.4 Å². The molecule has 0 spiro atoms. The first kappa shape index (κ1) is 18.0. The van der Waals surface area contributed by atoms with Crippen molar-refractivity contribution >= 4 is 27.7 Å². The second-order valence-electron chi connectivity index (χ2n) is 5.52. The normalized spacial score (nSPS) is 12.3. The van der Waals surface area contributed by atoms with Gasteiger partial charge in [-0.25, -0.2) is 0 Å². The molecule has 7 nitrogen and oxygen atoms in total. The average molecular weight is 451 g/mol. The highest BCUT2D eigenvalue weighted by molar-refractivity contribution is 9.10. The Kier molecular flexibility index (Phi) is 5.13. The second-order valence-corrected chi connectivity index (χ2v) is 7.31. The van der Waals surface area contributed by atoms with Crippen molar-refractivity contribution in [1.29, 1.82) is 0 Å². The van der Waals surface area contributed by atoms with E-state index in [0.717, 1.165) is 21.5 Å². The largest absolute Gasteiger partial charge is 0.497 e. The Morgan fingerprint density at radius 2 is 1.89 bits per heavy atom. The zero-order chi connectivity index (χ0) is 18.8. The van der Waals surface area contributed by atoms with Gasteiger partial charge < -0.3 is 23.4 Å². The van der Waals surface area contributed by atoms with Gasteiger partial charge in [-0.15, -0.1) is 10.2 Å². The van der Waals surface area contributed by atoms with Crippen LogP contribution in [0.4, 0.5) is 0 Å². The molecule has 1 aromatic heterocycles. The van der Waals surface area contributed by atoms with Crippen LogP contribution in [0, 0.1) is 0 Å². The fourth-order valence-corrected chi connectivity index (χ4v) is 3.96. The highest BCUT2D eigenvalue weighted by Gasteiger charge is 2.18. The van der Waals surface area contributed by atoms with Crippen molar-refractivity contribution < 1.29 is 23.4 Å². The van der Waals surface area contributed by atoms with Crippen LogP contribution in [-0.4, -0.2) is 31.2 Å². The fourth-order valence-electron chi connectivity index (χ4n) is 2.56. The topological polar surface area (TPSA) is 75.8 Å². The van der Waals surface area contributed by atoms with E-state index < -0.39 is 0 Å². The summed E-state index contributed by atoms with van der Waals surface area (Å²) in [5.41, 5.74) is 1.76. The molecule has 140 valence electrons. The molecule has 0 aliphatic carbocycles. The Hall–Kier alpha value is -2.39. The summed E-state index contributed by atoms with van der Waals surface area (Å²) in [7, 11) is 3.19. The molecule has 0 amide bonds. The maximum atomic E-state index is 5.79. The SMILES string of the molecule is COc1ccc(-c2nnc(SCc3cc4c(cc3Br)OCO4)o2)c(OC)c1. The molecule has 0 saturated heterocycles. The zero-order valence-corrected chi connectivity index (χ0v) is 16.9. The van der Waals surface area contributed by atoms with Crippen LogP contribution in [0.15, 0.2) is 44.4 Å². The molecule has 0 fully saturated rings. The third-order valence-corrected chi connectivity index (χ3v) is 5.54. The first-order valence-electron chi connectivity index (χ1n) is 7.94. The van der Waals surface area contributed by atoms with Gasteiger partial charge in [0, 0.05) is 16.3 Å². The summed E-state index contributed by atoms with van der Waals surface area (Å²) in [6.07, 6.45) is 0. The van der Waals surface area contributed by atoms with Gasteiger partial charge in [-0.1, -0.05) is 27.7 Å². The summed E-state index contributed by atoms with van der Waals surface area (Å²) >= 11 is 4.99. The molecule has 2 heterocycles. The summed E-state index contributed by atoms with van der Waals surface area (Å²) in [6.45, 7) is 0.245. The molecule has 9 heteroatoms. The first-order valence-corrected chi connectivity index (χ1v) is 9.72. The Bertz CT molecular complexity index is 978. The van der Waals surface area contributed by atoms with Crippen LogP contribution in [0.3, 0.4) is 0 Å². The van der Waals surface area contributed by atoms with Crippen molar-refractivity contribution in [2.75, 3.05) is 21.0 Å². The van der Waals surface area contributed by atoms with Crippen LogP contribution in [-0.2, 0) is 5.75 Å². The van der Waals surface area contributed by atoms with Crippen LogP contribution < -0.4 is 18.9 Å². The number of aromatic nitrogens is 2. The molecule has 1 aliphatic rings. The molecule has 0 radical (unpaired) electrons. The number of ether oxygens (including phenoxy) is 4. The lowest BCUT2D eigenvalue weighted by Crippen LogP contribution is -1.92. The molecule has 0 saturated carbocycles. The van der Waals surface area contributed by atoms with Gasteiger partial charge in [-0.05, 0) is 29.8 Å². The Morgan fingerprint density at radius 3 is 2.67 bits per heavy atom. The van der Waals surface area contributed by atoms with Crippen molar-refractivity contribution in [3.63, 3.8) is 0 Å². The van der Waals surface area contributed by atoms with Crippen LogP contribution in [0.2, 0.25) is 0 Å². The third-order valence-electron chi connectivity index (χ3n) is 3.94. The molecule has 0 N–H and O–H groups in total. The van der Waals surface area contributed by atoms with Gasteiger partial charge in [-0.2, -0.15) is 0 Å². The van der Waals surface area contributed by atoms with Crippen molar-refractivity contribution in [2.24, 2.45) is 0 Å². The molecule has 0 unspecified atom stereocenters. The molecule has 27 heavy (non-hydrogen) atoms. The minimum absolute atomic E-state index is 0.245. The number of nitrogens with zero attached hydrogens (tertiary/aromatic N) is 2. The lowest BCUT2D eigenvalue weighted by molar-refractivity contribution is 0.174. The van der Waals surface area contributed by atoms with E-state index in [1.165, 1.54) is 11.8 Å². The third kappa shape index (κ3) is 3.70. The van der Waals surface area contributed by atoms with Crippen LogP contribution >= 0.6 is 27.7 Å². The van der Waals surface area contributed by atoms with Crippen molar-refractivity contribution in [3.8, 4) is 34.5 Å². The van der Waals surface area contributed by atoms with Gasteiger partial charge in [0.05, 0.1) is 19.8 Å². The second kappa shape index (κ2) is 7.69. The van der Waals surface area contributed by atoms with E-state index >= 15 is 0 Å². The fraction of sp³-hybridized carbons (Fsp3) is 0.222. The molecular formula is C18H15BrN2O5S. The average Bonchev–Trinajstić information content (AvgIpc) is 3.34. The summed E-state index contributed by atoms with van der Waals surface area (Å²) in [5, 5.41) is 8.71. The summed E-state index contributed by atoms with van der Waals surface area (Å²) in [5.74, 6) is 3.80. The number of benzene rings is 2. The van der Waals surface area contributed by atoms with E-state index in [2.05, 4.69) is 26.1 Å². The highest BCUT2D eigenvalue weighted by atomic mass is 79.9. The summed E-state index contributed by atoms with van der Waals surface area (Å²) in [6, 6.07) is 9.27. The van der Waals surface area contributed by atoms with Gasteiger partial charge in [-0.3, -0.25) is 0 Å². The first-order chi connectivity index (χ1) is 13.2. The zero-order valence-electron chi connectivity index (χ0n) is 14.5.